The molecule has 4 amide bonds. The number of carbonyl (C=O) groups excluding carboxylic acids is 3. The SMILES string of the molecule is C=C[C@@H]1C[C@]1(NC(=O)[C@@H]1C[C@@H](C2c3cccc(F)c3CN2C(=O)O)CN1C(=O)[C@@H](Nc1cccc(C(F)(F)F)c1)C(C)C)C(=O)NS(=O)(=O)C1CC1. The van der Waals surface area contributed by atoms with E-state index in [1.54, 1.807) is 19.9 Å². The third-order valence-electron chi connectivity index (χ3n) is 10.4. The third kappa shape index (κ3) is 6.94. The van der Waals surface area contributed by atoms with Gasteiger partial charge in [0.25, 0.3) is 5.91 Å². The van der Waals surface area contributed by atoms with Crippen molar-refractivity contribution in [1.82, 2.24) is 19.8 Å². The summed E-state index contributed by atoms with van der Waals surface area (Å²) in [5.74, 6) is -4.98. The molecule has 0 radical (unpaired) electrons. The molecule has 52 heavy (non-hydrogen) atoms. The van der Waals surface area contributed by atoms with Gasteiger partial charge in [-0.2, -0.15) is 13.2 Å². The number of alkyl halides is 3. The fraction of sp³-hybridized carbons (Fsp3) is 0.486. The second-order valence-corrected chi connectivity index (χ2v) is 16.3. The van der Waals surface area contributed by atoms with E-state index < -0.39 is 98.1 Å². The second kappa shape index (κ2) is 13.4. The lowest BCUT2D eigenvalue weighted by Gasteiger charge is -2.32. The Hall–Kier alpha value is -4.67. The average Bonchev–Trinajstić information content (AvgIpc) is 3.97. The van der Waals surface area contributed by atoms with Gasteiger partial charge in [-0.25, -0.2) is 17.6 Å². The highest BCUT2D eigenvalue weighted by Crippen LogP contribution is 2.48. The van der Waals surface area contributed by atoms with Crippen molar-refractivity contribution < 1.29 is 50.3 Å². The first-order valence-electron chi connectivity index (χ1n) is 16.9. The predicted octanol–water partition coefficient (Wildman–Crippen LogP) is 4.40. The van der Waals surface area contributed by atoms with Crippen molar-refractivity contribution in [2.24, 2.45) is 17.8 Å². The number of hydrogen-bond donors (Lipinski definition) is 4. The number of nitrogens with one attached hydrogen (secondary N) is 3. The van der Waals surface area contributed by atoms with E-state index in [1.165, 1.54) is 35.2 Å². The van der Waals surface area contributed by atoms with E-state index in [9.17, 15) is 50.3 Å². The van der Waals surface area contributed by atoms with E-state index in [1.807, 2.05) is 0 Å². The Morgan fingerprint density at radius 2 is 1.77 bits per heavy atom. The van der Waals surface area contributed by atoms with Crippen LogP contribution < -0.4 is 15.4 Å². The Morgan fingerprint density at radius 1 is 1.08 bits per heavy atom. The fourth-order valence-electron chi connectivity index (χ4n) is 7.42. The smallest absolute Gasteiger partial charge is 0.416 e. The predicted molar refractivity (Wildman–Crippen MR) is 179 cm³/mol. The number of likely N-dealkylation sites (tertiary alicyclic amines) is 1. The van der Waals surface area contributed by atoms with Crippen molar-refractivity contribution in [3.05, 3.63) is 77.6 Å². The molecule has 1 saturated heterocycles. The molecular formula is C35H39F4N5O7S. The van der Waals surface area contributed by atoms with Gasteiger partial charge in [-0.1, -0.05) is 38.1 Å². The van der Waals surface area contributed by atoms with Crippen molar-refractivity contribution in [3.8, 4) is 0 Å². The number of benzene rings is 2. The number of anilines is 1. The molecule has 2 aliphatic carbocycles. The van der Waals surface area contributed by atoms with Crippen molar-refractivity contribution in [1.29, 1.82) is 0 Å². The number of nitrogens with zero attached hydrogens (tertiary/aromatic N) is 2. The number of carbonyl (C=O) groups is 4. The standard InChI is InChI=1S/C35H39F4N5O7S/c1-4-20-15-34(20,32(47)42-52(50,51)23-11-12-23)41-30(45)27-13-19(29-24-9-6-10-26(36)25(24)17-44(29)33(48)49)16-43(27)31(46)28(18(2)3)40-22-8-5-7-21(14-22)35(37,38)39/h4-10,14,18-20,23,27-29,40H,1,11-13,15-17H2,2-3H3,(H,41,45)(H,42,47)(H,48,49)/t19-,20-,27+,28+,29?,34-/m1/s1. The molecule has 4 N–H and O–H groups in total. The van der Waals surface area contributed by atoms with Gasteiger partial charge in [0, 0.05) is 29.6 Å². The largest absolute Gasteiger partial charge is 0.465 e. The molecule has 4 aliphatic rings. The molecule has 0 spiro atoms. The van der Waals surface area contributed by atoms with E-state index in [0.29, 0.717) is 18.4 Å². The lowest BCUT2D eigenvalue weighted by atomic mass is 9.90. The topological polar surface area (TPSA) is 165 Å². The Morgan fingerprint density at radius 3 is 2.37 bits per heavy atom. The molecule has 2 aliphatic heterocycles. The molecule has 1 unspecified atom stereocenters. The number of rotatable bonds is 11. The maximum atomic E-state index is 14.9. The highest BCUT2D eigenvalue weighted by Gasteiger charge is 2.62. The minimum Gasteiger partial charge on any atom is -0.465 e. The maximum absolute atomic E-state index is 14.9. The summed E-state index contributed by atoms with van der Waals surface area (Å²) in [7, 11) is -3.99. The molecule has 280 valence electrons. The summed E-state index contributed by atoms with van der Waals surface area (Å²) in [6.07, 6.45) is -3.91. The molecule has 0 aromatic heterocycles. The van der Waals surface area contributed by atoms with Crippen molar-refractivity contribution in [3.63, 3.8) is 0 Å². The van der Waals surface area contributed by atoms with Crippen LogP contribution in [-0.2, 0) is 37.1 Å². The van der Waals surface area contributed by atoms with Crippen LogP contribution in [-0.4, -0.2) is 76.6 Å². The quantitative estimate of drug-likeness (QED) is 0.194. The average molecular weight is 750 g/mol. The van der Waals surface area contributed by atoms with E-state index in [0.717, 1.165) is 17.0 Å². The number of amides is 4. The van der Waals surface area contributed by atoms with Gasteiger partial charge in [-0.05, 0) is 61.4 Å². The highest BCUT2D eigenvalue weighted by atomic mass is 32.2. The van der Waals surface area contributed by atoms with Crippen LogP contribution in [0.4, 0.5) is 28.0 Å². The molecule has 12 nitrogen and oxygen atoms in total. The van der Waals surface area contributed by atoms with Crippen LogP contribution in [0.5, 0.6) is 0 Å². The molecule has 2 saturated carbocycles. The van der Waals surface area contributed by atoms with Crippen molar-refractivity contribution >= 4 is 39.5 Å². The van der Waals surface area contributed by atoms with Crippen LogP contribution in [0.25, 0.3) is 0 Å². The van der Waals surface area contributed by atoms with E-state index >= 15 is 0 Å². The summed E-state index contributed by atoms with van der Waals surface area (Å²) in [5, 5.41) is 15.0. The molecule has 2 aromatic rings. The van der Waals surface area contributed by atoms with Crippen LogP contribution in [0.2, 0.25) is 0 Å². The van der Waals surface area contributed by atoms with Crippen LogP contribution in [0.3, 0.4) is 0 Å². The van der Waals surface area contributed by atoms with Crippen LogP contribution in [0.15, 0.2) is 55.1 Å². The fourth-order valence-corrected chi connectivity index (χ4v) is 8.78. The van der Waals surface area contributed by atoms with Gasteiger partial charge < -0.3 is 20.6 Å². The first-order valence-corrected chi connectivity index (χ1v) is 18.4. The zero-order valence-electron chi connectivity index (χ0n) is 28.3. The summed E-state index contributed by atoms with van der Waals surface area (Å²) in [6, 6.07) is 5.05. The second-order valence-electron chi connectivity index (χ2n) is 14.3. The van der Waals surface area contributed by atoms with Gasteiger partial charge in [0.15, 0.2) is 0 Å². The zero-order valence-corrected chi connectivity index (χ0v) is 29.1. The Balaban J connectivity index is 1.33. The van der Waals surface area contributed by atoms with Gasteiger partial charge in [-0.3, -0.25) is 24.0 Å². The number of carboxylic acid groups (broad SMARTS) is 1. The van der Waals surface area contributed by atoms with Gasteiger partial charge in [0.2, 0.25) is 21.8 Å². The lowest BCUT2D eigenvalue weighted by molar-refractivity contribution is -0.140. The Kier molecular flexibility index (Phi) is 9.55. The molecule has 6 rings (SSSR count). The van der Waals surface area contributed by atoms with Gasteiger partial charge in [0.1, 0.15) is 23.4 Å². The molecule has 6 atom stereocenters. The molecule has 2 aromatic carbocycles. The Bertz CT molecular complexity index is 1920. The number of sulfonamides is 1. The summed E-state index contributed by atoms with van der Waals surface area (Å²) < 4.78 is 82.8. The summed E-state index contributed by atoms with van der Waals surface area (Å²) in [5.41, 5.74) is -2.10. The normalized spacial score (nSPS) is 26.1. The summed E-state index contributed by atoms with van der Waals surface area (Å²) in [6.45, 7) is 6.55. The number of halogens is 4. The first-order chi connectivity index (χ1) is 24.4. The zero-order chi connectivity index (χ0) is 37.9. The van der Waals surface area contributed by atoms with Gasteiger partial charge in [0.05, 0.1) is 23.4 Å². The third-order valence-corrected chi connectivity index (χ3v) is 12.3. The van der Waals surface area contributed by atoms with Crippen LogP contribution >= 0.6 is 0 Å². The molecular weight excluding hydrogens is 710 g/mol. The Labute approximate surface area is 297 Å². The van der Waals surface area contributed by atoms with Crippen molar-refractivity contribution in [2.45, 2.75) is 81.2 Å². The minimum absolute atomic E-state index is 0.00447. The van der Waals surface area contributed by atoms with E-state index in [2.05, 4.69) is 21.9 Å². The van der Waals surface area contributed by atoms with Crippen LogP contribution in [0.1, 0.15) is 62.3 Å². The number of hydrogen-bond acceptors (Lipinski definition) is 7. The van der Waals surface area contributed by atoms with E-state index in [-0.39, 0.29) is 37.2 Å². The van der Waals surface area contributed by atoms with Crippen molar-refractivity contribution in [2.75, 3.05) is 11.9 Å². The number of fused-ring (bicyclic) bond motifs is 1. The summed E-state index contributed by atoms with van der Waals surface area (Å²) >= 11 is 0. The molecule has 3 fully saturated rings. The molecule has 0 bridgehead atoms. The van der Waals surface area contributed by atoms with Gasteiger partial charge >= 0.3 is 12.3 Å². The summed E-state index contributed by atoms with van der Waals surface area (Å²) in [4.78, 5) is 56.9. The van der Waals surface area contributed by atoms with Crippen LogP contribution in [0, 0.1) is 23.6 Å². The minimum atomic E-state index is -4.65. The molecule has 2 heterocycles. The van der Waals surface area contributed by atoms with E-state index in [4.69, 9.17) is 0 Å². The monoisotopic (exact) mass is 749 g/mol. The van der Waals surface area contributed by atoms with Gasteiger partial charge in [-0.15, -0.1) is 6.58 Å². The highest BCUT2D eigenvalue weighted by molar-refractivity contribution is 7.91. The molecule has 17 heteroatoms. The first kappa shape index (κ1) is 37.1. The lowest BCUT2D eigenvalue weighted by Crippen LogP contribution is -2.58. The maximum Gasteiger partial charge on any atom is 0.416 e.